The molecule has 0 aromatic heterocycles. The molecule has 2 aliphatic heterocycles. The number of hydrogen-bond acceptors (Lipinski definition) is 6. The lowest BCUT2D eigenvalue weighted by Crippen LogP contribution is -2.47. The molecule has 11 heteroatoms. The average Bonchev–Trinajstić information content (AvgIpc) is 3.69. The number of hydrogen-bond donors (Lipinski definition) is 2. The van der Waals surface area contributed by atoms with Gasteiger partial charge in [0.2, 0.25) is 0 Å². The van der Waals surface area contributed by atoms with Crippen LogP contribution in [0.25, 0.3) is 0 Å². The fourth-order valence-electron chi connectivity index (χ4n) is 14.6. The molecule has 12 rings (SSSR count). The second kappa shape index (κ2) is 16.0. The molecule has 8 saturated carbocycles. The summed E-state index contributed by atoms with van der Waals surface area (Å²) in [5.41, 5.74) is 4.70. The number of aliphatic hydroxyl groups is 2. The van der Waals surface area contributed by atoms with Crippen LogP contribution in [0.2, 0.25) is 15.1 Å². The van der Waals surface area contributed by atoms with Crippen molar-refractivity contribution >= 4 is 58.2 Å². The van der Waals surface area contributed by atoms with Crippen molar-refractivity contribution in [3.8, 4) is 0 Å². The fraction of sp³-hybridized carbons (Fsp3) is 0.667. The third kappa shape index (κ3) is 7.83. The van der Waals surface area contributed by atoms with Crippen molar-refractivity contribution in [3.05, 3.63) is 66.6 Å². The predicted molar refractivity (Wildman–Crippen MR) is 229 cm³/mol. The van der Waals surface area contributed by atoms with E-state index in [1.165, 1.54) is 77.0 Å². The Morgan fingerprint density at radius 3 is 1.47 bits per heavy atom. The van der Waals surface area contributed by atoms with Crippen LogP contribution in [-0.4, -0.2) is 68.7 Å². The number of benzene rings is 2. The number of amides is 2. The molecule has 8 fully saturated rings. The van der Waals surface area contributed by atoms with E-state index in [0.29, 0.717) is 58.5 Å². The Hall–Kier alpha value is -2.49. The molecule has 8 bridgehead atoms. The Kier molecular flexibility index (Phi) is 11.4. The molecule has 8 nitrogen and oxygen atoms in total. The second-order valence-corrected chi connectivity index (χ2v) is 22.0. The maximum absolute atomic E-state index is 13.3. The van der Waals surface area contributed by atoms with Crippen LogP contribution in [-0.2, 0) is 35.5 Å². The first-order valence-corrected chi connectivity index (χ1v) is 23.5. The smallest absolute Gasteiger partial charge is 0.256 e. The Morgan fingerprint density at radius 2 is 1.03 bits per heavy atom. The van der Waals surface area contributed by atoms with Gasteiger partial charge in [0, 0.05) is 54.4 Å². The second-order valence-electron chi connectivity index (χ2n) is 20.8. The lowest BCUT2D eigenvalue weighted by atomic mass is 9.48. The summed E-state index contributed by atoms with van der Waals surface area (Å²) in [6, 6.07) is 4.55. The minimum absolute atomic E-state index is 0.0757. The number of Topliss-reactive ketones (excluding diaryl/α,β-unsaturated/α-hetero) is 2. The molecular weight excluding hydrogens is 807 g/mol. The fourth-order valence-corrected chi connectivity index (χ4v) is 15.5. The lowest BCUT2D eigenvalue weighted by Gasteiger charge is -2.56. The highest BCUT2D eigenvalue weighted by atomic mass is 35.5. The van der Waals surface area contributed by atoms with E-state index in [1.807, 2.05) is 6.92 Å². The molecule has 2 amide bonds. The Balaban J connectivity index is 0.000000152. The number of rotatable bonds is 12. The SMILES string of the molecule is C[C@H](CO)N1Cc2c(CC(=O)CC34CC5CC(CC(C5)C3)C4)c(Cl)cc(Cl)c2C1=O.C[C@H](CO)N1Cc2c(ccc(Cl)c2CC(=O)CC23CC4CC(CC(C4)C2)C3)C1=O. The van der Waals surface area contributed by atoms with Crippen molar-refractivity contribution in [2.75, 3.05) is 13.2 Å². The molecule has 59 heavy (non-hydrogen) atoms. The van der Waals surface area contributed by atoms with Gasteiger partial charge in [-0.15, -0.1) is 0 Å². The van der Waals surface area contributed by atoms with E-state index < -0.39 is 0 Å². The summed E-state index contributed by atoms with van der Waals surface area (Å²) in [6.07, 6.45) is 17.4. The van der Waals surface area contributed by atoms with Gasteiger partial charge in [0.05, 0.1) is 35.9 Å². The molecule has 2 N–H and O–H groups in total. The molecule has 0 radical (unpaired) electrons. The Bertz CT molecular complexity index is 1990. The number of carbonyl (C=O) groups excluding carboxylic acids is 4. The molecule has 0 spiro atoms. The summed E-state index contributed by atoms with van der Waals surface area (Å²) >= 11 is 19.4. The van der Waals surface area contributed by atoms with E-state index >= 15 is 0 Å². The zero-order valence-electron chi connectivity index (χ0n) is 34.5. The summed E-state index contributed by atoms with van der Waals surface area (Å²) in [6.45, 7) is 4.21. The van der Waals surface area contributed by atoms with Gasteiger partial charge in [-0.3, -0.25) is 19.2 Å². The number of nitrogens with zero attached hydrogens (tertiary/aromatic N) is 2. The maximum atomic E-state index is 13.3. The summed E-state index contributed by atoms with van der Waals surface area (Å²) in [5.74, 6) is 5.19. The van der Waals surface area contributed by atoms with Crippen LogP contribution in [0.15, 0.2) is 18.2 Å². The van der Waals surface area contributed by atoms with Crippen molar-refractivity contribution in [2.45, 2.75) is 142 Å². The summed E-state index contributed by atoms with van der Waals surface area (Å²) < 4.78 is 0. The third-order valence-electron chi connectivity index (χ3n) is 16.3. The van der Waals surface area contributed by atoms with Gasteiger partial charge in [0.15, 0.2) is 0 Å². The van der Waals surface area contributed by atoms with Gasteiger partial charge >= 0.3 is 0 Å². The topological polar surface area (TPSA) is 115 Å². The van der Waals surface area contributed by atoms with Crippen molar-refractivity contribution < 1.29 is 29.4 Å². The molecule has 0 unspecified atom stereocenters. The van der Waals surface area contributed by atoms with Gasteiger partial charge in [-0.25, -0.2) is 0 Å². The van der Waals surface area contributed by atoms with E-state index in [0.717, 1.165) is 57.8 Å². The lowest BCUT2D eigenvalue weighted by molar-refractivity contribution is -0.127. The number of halogens is 3. The number of fused-ring (bicyclic) bond motifs is 2. The molecule has 8 aliphatic carbocycles. The Morgan fingerprint density at radius 1 is 0.627 bits per heavy atom. The third-order valence-corrected chi connectivity index (χ3v) is 17.2. The normalized spacial score (nSPS) is 32.9. The van der Waals surface area contributed by atoms with Gasteiger partial charge in [-0.1, -0.05) is 34.8 Å². The highest BCUT2D eigenvalue weighted by molar-refractivity contribution is 6.38. The van der Waals surface area contributed by atoms with Crippen LogP contribution >= 0.6 is 34.8 Å². The van der Waals surface area contributed by atoms with E-state index in [2.05, 4.69) is 0 Å². The number of carbonyl (C=O) groups is 4. The van der Waals surface area contributed by atoms with Crippen LogP contribution in [0, 0.1) is 46.3 Å². The molecule has 2 aromatic rings. The van der Waals surface area contributed by atoms with Crippen LogP contribution in [0.4, 0.5) is 0 Å². The van der Waals surface area contributed by atoms with Gasteiger partial charge in [0.25, 0.3) is 11.8 Å². The first-order chi connectivity index (χ1) is 28.2. The van der Waals surface area contributed by atoms with E-state index in [4.69, 9.17) is 34.8 Å². The molecule has 318 valence electrons. The largest absolute Gasteiger partial charge is 0.394 e. The molecule has 0 saturated heterocycles. The monoisotopic (exact) mass is 864 g/mol. The highest BCUT2D eigenvalue weighted by Crippen LogP contribution is 2.62. The first kappa shape index (κ1) is 41.8. The predicted octanol–water partition coefficient (Wildman–Crippen LogP) is 9.44. The number of aliphatic hydroxyl groups excluding tert-OH is 2. The average molecular weight is 866 g/mol. The van der Waals surface area contributed by atoms with E-state index in [1.54, 1.807) is 34.9 Å². The van der Waals surface area contributed by atoms with Gasteiger partial charge < -0.3 is 20.0 Å². The van der Waals surface area contributed by atoms with Gasteiger partial charge in [-0.2, -0.15) is 0 Å². The Labute approximate surface area is 363 Å². The van der Waals surface area contributed by atoms with E-state index in [9.17, 15) is 29.4 Å². The van der Waals surface area contributed by atoms with Crippen LogP contribution in [0.3, 0.4) is 0 Å². The van der Waals surface area contributed by atoms with Crippen LogP contribution in [0.1, 0.15) is 147 Å². The minimum Gasteiger partial charge on any atom is -0.394 e. The molecule has 10 aliphatic rings. The van der Waals surface area contributed by atoms with Gasteiger partial charge in [0.1, 0.15) is 11.6 Å². The highest BCUT2D eigenvalue weighted by Gasteiger charge is 2.53. The standard InChI is InChI=1S/C24H29Cl2NO3.C24H30ClNO3/c1-13(12-28)27-11-19-18(20(25)6-21(26)22(19)23(27)30)5-17(29)10-24-7-14-2-15(8-24)4-16(3-14)9-24;1-14(13-27)26-12-21-19(23(26)29)2-3-22(25)20(21)7-18(28)11-24-8-15-4-16(9-24)6-17(5-15)10-24/h6,13-16,28H,2-5,7-12H2,1H3;2-3,14-17,27H,4-13H2,1H3/t13-,14?,15?,16?,24?;14-,15?,16?,17?,24?/m11/s1. The summed E-state index contributed by atoms with van der Waals surface area (Å²) in [5, 5.41) is 20.4. The number of ketones is 2. The quantitative estimate of drug-likeness (QED) is 0.220. The molecular formula is C48H59Cl3N2O6. The zero-order chi connectivity index (χ0) is 41.5. The van der Waals surface area contributed by atoms with Crippen molar-refractivity contribution in [3.63, 3.8) is 0 Å². The van der Waals surface area contributed by atoms with Gasteiger partial charge in [-0.05, 0) is 178 Å². The zero-order valence-corrected chi connectivity index (χ0v) is 36.8. The van der Waals surface area contributed by atoms with Crippen molar-refractivity contribution in [1.29, 1.82) is 0 Å². The molecule has 2 aromatic carbocycles. The minimum atomic E-state index is -0.310. The first-order valence-electron chi connectivity index (χ1n) is 22.3. The van der Waals surface area contributed by atoms with Crippen LogP contribution in [0.5, 0.6) is 0 Å². The summed E-state index contributed by atoms with van der Waals surface area (Å²) in [4.78, 5) is 55.3. The van der Waals surface area contributed by atoms with Crippen LogP contribution < -0.4 is 0 Å². The van der Waals surface area contributed by atoms with E-state index in [-0.39, 0.29) is 65.9 Å². The van der Waals surface area contributed by atoms with Crippen molar-refractivity contribution in [2.24, 2.45) is 46.3 Å². The maximum Gasteiger partial charge on any atom is 0.256 e. The van der Waals surface area contributed by atoms with Crippen molar-refractivity contribution in [1.82, 2.24) is 9.80 Å². The molecule has 2 atom stereocenters. The molecule has 2 heterocycles. The summed E-state index contributed by atoms with van der Waals surface area (Å²) in [7, 11) is 0.